The van der Waals surface area contributed by atoms with E-state index in [9.17, 15) is 0 Å². The van der Waals surface area contributed by atoms with Gasteiger partial charge in [-0.1, -0.05) is 91.4 Å². The number of nitrogens with zero attached hydrogens (tertiary/aromatic N) is 2. The Morgan fingerprint density at radius 1 is 0.458 bits per heavy atom. The Morgan fingerprint density at radius 3 is 1.08 bits per heavy atom. The van der Waals surface area contributed by atoms with Crippen molar-refractivity contribution in [1.29, 1.82) is 0 Å². The summed E-state index contributed by atoms with van der Waals surface area (Å²) in [6.07, 6.45) is 16.5. The summed E-state index contributed by atoms with van der Waals surface area (Å²) in [6, 6.07) is 24.9. The first-order chi connectivity index (χ1) is 23.6. The minimum absolute atomic E-state index is 0.896. The molecule has 0 aliphatic carbocycles. The number of rotatable bonds is 10. The molecule has 0 fully saturated rings. The topological polar surface area (TPSA) is 7.76 Å². The Hall–Kier alpha value is -4.06. The minimum atomic E-state index is 0.896. The van der Waals surface area contributed by atoms with Crippen molar-refractivity contribution in [2.45, 2.75) is 78.3 Å². The maximum atomic E-state index is 3.40. The lowest BCUT2D eigenvalue weighted by molar-refractivity contribution is -0.697. The Balaban J connectivity index is 0.000000297. The van der Waals surface area contributed by atoms with Crippen molar-refractivity contribution in [2.24, 2.45) is 0 Å². The Bertz CT molecular complexity index is 1650. The minimum Gasteiger partial charge on any atom is -0.205 e. The smallest absolute Gasteiger partial charge is 0.169 e. The zero-order chi connectivity index (χ0) is 34.1. The van der Waals surface area contributed by atoms with Gasteiger partial charge in [0, 0.05) is 95.7 Å². The van der Waals surface area contributed by atoms with Gasteiger partial charge in [-0.25, -0.2) is 9.13 Å². The monoisotopic (exact) mass is 760 g/mol. The van der Waals surface area contributed by atoms with Crippen LogP contribution in [0, 0.1) is 61.2 Å². The van der Waals surface area contributed by atoms with Gasteiger partial charge in [-0.2, -0.15) is 0 Å². The Labute approximate surface area is 306 Å². The van der Waals surface area contributed by atoms with Gasteiger partial charge in [0.25, 0.3) is 0 Å². The van der Waals surface area contributed by atoms with Crippen LogP contribution in [0.25, 0.3) is 0 Å². The van der Waals surface area contributed by atoms with Crippen LogP contribution < -0.4 is 9.13 Å². The normalized spacial score (nSPS) is 9.58. The molecule has 0 aliphatic heterocycles. The molecule has 4 heteroatoms. The van der Waals surface area contributed by atoms with Gasteiger partial charge in [-0.15, -0.1) is 0 Å². The summed E-state index contributed by atoms with van der Waals surface area (Å²) in [4.78, 5) is 0. The lowest BCUT2D eigenvalue weighted by Gasteiger charge is -1.95. The maximum absolute atomic E-state index is 3.40. The zero-order valence-electron chi connectivity index (χ0n) is 28.4. The van der Waals surface area contributed by atoms with Gasteiger partial charge in [0.1, 0.15) is 13.1 Å². The number of hydrogen-bond acceptors (Lipinski definition) is 0. The van der Waals surface area contributed by atoms with Gasteiger partial charge in [0.2, 0.25) is 0 Å². The molecule has 0 saturated heterocycles. The summed E-state index contributed by atoms with van der Waals surface area (Å²) >= 11 is 6.80. The second-order valence-corrected chi connectivity index (χ2v) is 13.0. The summed E-state index contributed by atoms with van der Waals surface area (Å²) in [5.74, 6) is 25.8. The molecule has 0 unspecified atom stereocenters. The molecule has 0 N–H and O–H groups in total. The molecule has 0 radical (unpaired) electrons. The molecule has 2 aromatic heterocycles. The number of hydrogen-bond donors (Lipinski definition) is 0. The number of pyridine rings is 2. The molecule has 48 heavy (non-hydrogen) atoms. The second-order valence-electron chi connectivity index (χ2n) is 11.4. The van der Waals surface area contributed by atoms with Gasteiger partial charge in [0.15, 0.2) is 24.8 Å². The average Bonchev–Trinajstić information content (AvgIpc) is 3.11. The van der Waals surface area contributed by atoms with Crippen LogP contribution >= 0.6 is 31.9 Å². The van der Waals surface area contributed by atoms with Gasteiger partial charge >= 0.3 is 0 Å². The first-order valence-corrected chi connectivity index (χ1v) is 19.0. The molecule has 0 saturated carbocycles. The van der Waals surface area contributed by atoms with Crippen LogP contribution in [0.2, 0.25) is 0 Å². The van der Waals surface area contributed by atoms with Crippen LogP contribution in [-0.4, -0.2) is 10.7 Å². The summed E-state index contributed by atoms with van der Waals surface area (Å²) in [6.45, 7) is 6.22. The molecular weight excluding hydrogens is 716 g/mol. The Morgan fingerprint density at radius 2 is 0.771 bits per heavy atom. The molecule has 0 spiro atoms. The number of benzene rings is 2. The molecule has 2 heterocycles. The maximum Gasteiger partial charge on any atom is 0.169 e. The fourth-order valence-electron chi connectivity index (χ4n) is 4.38. The van der Waals surface area contributed by atoms with Crippen LogP contribution in [0.3, 0.4) is 0 Å². The van der Waals surface area contributed by atoms with E-state index in [1.807, 2.05) is 24.3 Å². The highest BCUT2D eigenvalue weighted by atomic mass is 79.9. The number of alkyl halides is 2. The molecule has 244 valence electrons. The molecule has 4 rings (SSSR count). The molecule has 0 atom stereocenters. The third-order valence-corrected chi connectivity index (χ3v) is 8.20. The van der Waals surface area contributed by atoms with Crippen LogP contribution in [0.1, 0.15) is 84.7 Å². The van der Waals surface area contributed by atoms with Crippen molar-refractivity contribution in [2.75, 3.05) is 10.7 Å². The zero-order valence-corrected chi connectivity index (χ0v) is 31.5. The SMILES string of the molecule is BrCCCC#Cc1cccc(C#CCCCBr)c1.Cc1cc[n+](CCCC#Cc2cccc(C#CCCC[n+]3ccc(C)cc3)c2)cc1. The molecule has 2 nitrogen and oxygen atoms in total. The first kappa shape index (κ1) is 38.4. The van der Waals surface area contributed by atoms with E-state index in [0.717, 1.165) is 97.4 Å². The van der Waals surface area contributed by atoms with Crippen molar-refractivity contribution >= 4 is 31.9 Å². The van der Waals surface area contributed by atoms with Crippen molar-refractivity contribution in [3.8, 4) is 47.4 Å². The molecule has 0 aliphatic rings. The highest BCUT2D eigenvalue weighted by Gasteiger charge is 1.99. The number of unbranched alkanes of at least 4 members (excludes halogenated alkanes) is 4. The quantitative estimate of drug-likeness (QED) is 0.0659. The number of halogens is 2. The first-order valence-electron chi connectivity index (χ1n) is 16.7. The van der Waals surface area contributed by atoms with E-state index in [4.69, 9.17) is 0 Å². The molecular formula is C44H46Br2N2+2. The van der Waals surface area contributed by atoms with Gasteiger partial charge < -0.3 is 0 Å². The van der Waals surface area contributed by atoms with E-state index < -0.39 is 0 Å². The molecule has 0 amide bonds. The van der Waals surface area contributed by atoms with Crippen LogP contribution in [0.5, 0.6) is 0 Å². The fourth-order valence-corrected chi connectivity index (χ4v) is 4.94. The predicted octanol–water partition coefficient (Wildman–Crippen LogP) is 9.28. The van der Waals surface area contributed by atoms with Crippen molar-refractivity contribution < 1.29 is 9.13 Å². The van der Waals surface area contributed by atoms with Crippen molar-refractivity contribution in [3.05, 3.63) is 131 Å². The predicted molar refractivity (Wildman–Crippen MR) is 208 cm³/mol. The third kappa shape index (κ3) is 17.2. The van der Waals surface area contributed by atoms with E-state index in [-0.39, 0.29) is 0 Å². The number of aryl methyl sites for hydroxylation is 4. The lowest BCUT2D eigenvalue weighted by Crippen LogP contribution is -2.32. The summed E-state index contributed by atoms with van der Waals surface area (Å²) in [7, 11) is 0. The van der Waals surface area contributed by atoms with E-state index in [2.05, 4.69) is 176 Å². The molecule has 4 aromatic rings. The number of aromatic nitrogens is 2. The lowest BCUT2D eigenvalue weighted by atomic mass is 10.1. The van der Waals surface area contributed by atoms with Gasteiger partial charge in [-0.3, -0.25) is 0 Å². The third-order valence-electron chi connectivity index (χ3n) is 7.08. The summed E-state index contributed by atoms with van der Waals surface area (Å²) < 4.78 is 4.42. The second kappa shape index (κ2) is 24.1. The summed E-state index contributed by atoms with van der Waals surface area (Å²) in [5, 5.41) is 2.03. The van der Waals surface area contributed by atoms with Crippen molar-refractivity contribution in [1.82, 2.24) is 0 Å². The standard InChI is InChI=1S/C28H30N2.C16H16Br2/c1-25-14-20-29(21-15-25)18-7-3-5-10-27-12-9-13-28(24-27)11-6-4-8-19-30-22-16-26(2)17-23-30;17-12-5-1-3-8-15-10-7-11-16(14-15)9-4-2-6-13-18/h9,12-17,20-24H,3-4,7-8,18-19H2,1-2H3;7,10-11,14H,1-2,5-6,12-13H2/q+2;. The van der Waals surface area contributed by atoms with Crippen LogP contribution in [0.15, 0.2) is 97.6 Å². The van der Waals surface area contributed by atoms with Crippen molar-refractivity contribution in [3.63, 3.8) is 0 Å². The molecule has 2 aromatic carbocycles. The van der Waals surface area contributed by atoms with E-state index in [0.29, 0.717) is 0 Å². The van der Waals surface area contributed by atoms with E-state index >= 15 is 0 Å². The van der Waals surface area contributed by atoms with E-state index in [1.165, 1.54) is 11.1 Å². The summed E-state index contributed by atoms with van der Waals surface area (Å²) in [5.41, 5.74) is 6.77. The van der Waals surface area contributed by atoms with Crippen LogP contribution in [-0.2, 0) is 13.1 Å². The fraction of sp³-hybridized carbons (Fsp3) is 0.318. The largest absolute Gasteiger partial charge is 0.205 e. The highest BCUT2D eigenvalue weighted by molar-refractivity contribution is 9.09. The Kier molecular flexibility index (Phi) is 19.3. The molecule has 0 bridgehead atoms. The highest BCUT2D eigenvalue weighted by Crippen LogP contribution is 2.05. The van der Waals surface area contributed by atoms with Gasteiger partial charge in [0.05, 0.1) is 0 Å². The average molecular weight is 763 g/mol. The van der Waals surface area contributed by atoms with E-state index in [1.54, 1.807) is 0 Å². The van der Waals surface area contributed by atoms with Crippen LogP contribution in [0.4, 0.5) is 0 Å². The van der Waals surface area contributed by atoms with Gasteiger partial charge in [-0.05, 0) is 74.2 Å².